The molecule has 1 aromatic carbocycles. The van der Waals surface area contributed by atoms with Crippen molar-refractivity contribution in [2.24, 2.45) is 0 Å². The van der Waals surface area contributed by atoms with Crippen molar-refractivity contribution in [3.05, 3.63) is 41.3 Å². The Bertz CT molecular complexity index is 653. The van der Waals surface area contributed by atoms with E-state index in [9.17, 15) is 0 Å². The molecule has 2 heterocycles. The first-order valence-electron chi connectivity index (χ1n) is 8.15. The van der Waals surface area contributed by atoms with Gasteiger partial charge in [0.2, 0.25) is 0 Å². The SMILES string of the molecule is CCc1cc([C@@H]2CCCN2Cc2ccc(OC)c(OC)c2)on1. The highest BCUT2D eigenvalue weighted by Crippen LogP contribution is 2.35. The number of likely N-dealkylation sites (tertiary alicyclic amines) is 1. The second-order valence-corrected chi connectivity index (χ2v) is 5.89. The fraction of sp³-hybridized carbons (Fsp3) is 0.500. The molecule has 124 valence electrons. The van der Waals surface area contributed by atoms with Gasteiger partial charge in [0, 0.05) is 12.6 Å². The van der Waals surface area contributed by atoms with Crippen molar-refractivity contribution in [2.75, 3.05) is 20.8 Å². The number of benzene rings is 1. The van der Waals surface area contributed by atoms with Crippen LogP contribution in [0.25, 0.3) is 0 Å². The first kappa shape index (κ1) is 15.9. The number of hydrogen-bond acceptors (Lipinski definition) is 5. The van der Waals surface area contributed by atoms with Gasteiger partial charge in [-0.1, -0.05) is 18.1 Å². The highest BCUT2D eigenvalue weighted by Gasteiger charge is 2.29. The summed E-state index contributed by atoms with van der Waals surface area (Å²) in [6.45, 7) is 4.03. The molecule has 23 heavy (non-hydrogen) atoms. The minimum absolute atomic E-state index is 0.316. The number of hydrogen-bond donors (Lipinski definition) is 0. The van der Waals surface area contributed by atoms with Gasteiger partial charge in [-0.25, -0.2) is 0 Å². The molecule has 0 spiro atoms. The summed E-state index contributed by atoms with van der Waals surface area (Å²) in [5.74, 6) is 2.52. The van der Waals surface area contributed by atoms with Gasteiger partial charge in [0.25, 0.3) is 0 Å². The molecule has 0 bridgehead atoms. The molecule has 1 aromatic heterocycles. The number of nitrogens with zero attached hydrogens (tertiary/aromatic N) is 2. The van der Waals surface area contributed by atoms with Gasteiger partial charge >= 0.3 is 0 Å². The quantitative estimate of drug-likeness (QED) is 0.815. The molecule has 1 fully saturated rings. The van der Waals surface area contributed by atoms with Crippen LogP contribution in [0.15, 0.2) is 28.8 Å². The number of aryl methyl sites for hydroxylation is 1. The van der Waals surface area contributed by atoms with Crippen molar-refractivity contribution in [1.29, 1.82) is 0 Å². The minimum Gasteiger partial charge on any atom is -0.493 e. The van der Waals surface area contributed by atoms with Gasteiger partial charge in [0.1, 0.15) is 0 Å². The maximum Gasteiger partial charge on any atom is 0.161 e. The Balaban J connectivity index is 1.76. The predicted octanol–water partition coefficient (Wildman–Crippen LogP) is 3.59. The lowest BCUT2D eigenvalue weighted by atomic mass is 10.1. The number of methoxy groups -OCH3 is 2. The van der Waals surface area contributed by atoms with E-state index in [1.165, 1.54) is 12.0 Å². The fourth-order valence-corrected chi connectivity index (χ4v) is 3.20. The van der Waals surface area contributed by atoms with Gasteiger partial charge in [0.05, 0.1) is 26.0 Å². The summed E-state index contributed by atoms with van der Waals surface area (Å²) in [6, 6.07) is 8.51. The number of aromatic nitrogens is 1. The lowest BCUT2D eigenvalue weighted by Crippen LogP contribution is -2.22. The Morgan fingerprint density at radius 3 is 2.74 bits per heavy atom. The highest BCUT2D eigenvalue weighted by atomic mass is 16.5. The molecule has 0 amide bonds. The minimum atomic E-state index is 0.316. The Hall–Kier alpha value is -2.01. The van der Waals surface area contributed by atoms with Gasteiger partial charge in [-0.05, 0) is 43.5 Å². The Morgan fingerprint density at radius 2 is 2.04 bits per heavy atom. The molecule has 5 heteroatoms. The van der Waals surface area contributed by atoms with Crippen LogP contribution < -0.4 is 9.47 Å². The van der Waals surface area contributed by atoms with E-state index >= 15 is 0 Å². The maximum absolute atomic E-state index is 5.55. The number of rotatable bonds is 6. The van der Waals surface area contributed by atoms with Crippen LogP contribution in [0.3, 0.4) is 0 Å². The van der Waals surface area contributed by atoms with Crippen molar-refractivity contribution in [1.82, 2.24) is 10.1 Å². The molecule has 5 nitrogen and oxygen atoms in total. The van der Waals surface area contributed by atoms with E-state index < -0.39 is 0 Å². The van der Waals surface area contributed by atoms with Crippen LogP contribution in [-0.2, 0) is 13.0 Å². The van der Waals surface area contributed by atoms with Crippen molar-refractivity contribution >= 4 is 0 Å². The molecule has 3 rings (SSSR count). The average molecular weight is 316 g/mol. The summed E-state index contributed by atoms with van der Waals surface area (Å²) in [5.41, 5.74) is 2.24. The Labute approximate surface area is 137 Å². The highest BCUT2D eigenvalue weighted by molar-refractivity contribution is 5.42. The molecule has 0 N–H and O–H groups in total. The third kappa shape index (κ3) is 3.34. The topological polar surface area (TPSA) is 47.7 Å². The molecular formula is C18H24N2O3. The molecule has 0 saturated carbocycles. The van der Waals surface area contributed by atoms with Crippen molar-refractivity contribution in [3.8, 4) is 11.5 Å². The van der Waals surface area contributed by atoms with Crippen LogP contribution >= 0.6 is 0 Å². The largest absolute Gasteiger partial charge is 0.493 e. The lowest BCUT2D eigenvalue weighted by Gasteiger charge is -2.22. The summed E-state index contributed by atoms with van der Waals surface area (Å²) in [7, 11) is 3.32. The van der Waals surface area contributed by atoms with Crippen LogP contribution in [0.2, 0.25) is 0 Å². The normalized spacial score (nSPS) is 18.3. The molecule has 1 aliphatic rings. The average Bonchev–Trinajstić information content (AvgIpc) is 3.23. The molecule has 0 aliphatic carbocycles. The van der Waals surface area contributed by atoms with Gasteiger partial charge in [-0.2, -0.15) is 0 Å². The summed E-state index contributed by atoms with van der Waals surface area (Å²) in [6.07, 6.45) is 3.21. The summed E-state index contributed by atoms with van der Waals surface area (Å²) >= 11 is 0. The fourth-order valence-electron chi connectivity index (χ4n) is 3.20. The van der Waals surface area contributed by atoms with Gasteiger partial charge < -0.3 is 14.0 Å². The standard InChI is InChI=1S/C18H24N2O3/c1-4-14-11-17(23-19-14)15-6-5-9-20(15)12-13-7-8-16(21-2)18(10-13)22-3/h7-8,10-11,15H,4-6,9,12H2,1-3H3/t15-/m0/s1. The van der Waals surface area contributed by atoms with E-state index in [-0.39, 0.29) is 0 Å². The molecule has 1 saturated heterocycles. The third-order valence-corrected chi connectivity index (χ3v) is 4.47. The zero-order chi connectivity index (χ0) is 16.2. The van der Waals surface area contributed by atoms with Crippen LogP contribution in [0.5, 0.6) is 11.5 Å². The smallest absolute Gasteiger partial charge is 0.161 e. The van der Waals surface area contributed by atoms with Gasteiger partial charge in [-0.3, -0.25) is 4.90 Å². The zero-order valence-electron chi connectivity index (χ0n) is 14.0. The zero-order valence-corrected chi connectivity index (χ0v) is 14.0. The Kier molecular flexibility index (Phi) is 4.86. The molecule has 0 radical (unpaired) electrons. The summed E-state index contributed by atoms with van der Waals surface area (Å²) < 4.78 is 16.3. The summed E-state index contributed by atoms with van der Waals surface area (Å²) in [5, 5.41) is 4.13. The van der Waals surface area contributed by atoms with E-state index in [0.717, 1.165) is 48.9 Å². The molecule has 0 unspecified atom stereocenters. The van der Waals surface area contributed by atoms with Gasteiger partial charge in [0.15, 0.2) is 17.3 Å². The van der Waals surface area contributed by atoms with E-state index in [0.29, 0.717) is 6.04 Å². The van der Waals surface area contributed by atoms with Crippen molar-refractivity contribution < 1.29 is 14.0 Å². The predicted molar refractivity (Wildman–Crippen MR) is 87.8 cm³/mol. The van der Waals surface area contributed by atoms with Crippen LogP contribution in [0, 0.1) is 0 Å². The Morgan fingerprint density at radius 1 is 1.22 bits per heavy atom. The third-order valence-electron chi connectivity index (χ3n) is 4.47. The van der Waals surface area contributed by atoms with E-state index in [2.05, 4.69) is 29.1 Å². The molecular weight excluding hydrogens is 292 g/mol. The molecule has 2 aromatic rings. The van der Waals surface area contributed by atoms with Crippen LogP contribution in [0.4, 0.5) is 0 Å². The maximum atomic E-state index is 5.55. The molecule has 1 atom stereocenters. The first-order chi connectivity index (χ1) is 11.2. The van der Waals surface area contributed by atoms with E-state index in [4.69, 9.17) is 14.0 Å². The van der Waals surface area contributed by atoms with E-state index in [1.807, 2.05) is 12.1 Å². The van der Waals surface area contributed by atoms with Crippen LogP contribution in [0.1, 0.15) is 42.8 Å². The second-order valence-electron chi connectivity index (χ2n) is 5.89. The van der Waals surface area contributed by atoms with Crippen molar-refractivity contribution in [3.63, 3.8) is 0 Å². The van der Waals surface area contributed by atoms with Crippen molar-refractivity contribution in [2.45, 2.75) is 38.8 Å². The summed E-state index contributed by atoms with van der Waals surface area (Å²) in [4.78, 5) is 2.45. The van der Waals surface area contributed by atoms with Crippen LogP contribution in [-0.4, -0.2) is 30.8 Å². The second kappa shape index (κ2) is 7.04. The number of ether oxygens (including phenoxy) is 2. The van der Waals surface area contributed by atoms with Gasteiger partial charge in [-0.15, -0.1) is 0 Å². The monoisotopic (exact) mass is 316 g/mol. The first-order valence-corrected chi connectivity index (χ1v) is 8.15. The molecule has 1 aliphatic heterocycles. The lowest BCUT2D eigenvalue weighted by molar-refractivity contribution is 0.206. The van der Waals surface area contributed by atoms with E-state index in [1.54, 1.807) is 14.2 Å².